The molecule has 4 fully saturated rings. The highest BCUT2D eigenvalue weighted by Gasteiger charge is 2.30. The minimum atomic E-state index is -4.11. The van der Waals surface area contributed by atoms with Crippen LogP contribution in [0.15, 0.2) is 78.5 Å². The van der Waals surface area contributed by atoms with Crippen molar-refractivity contribution in [2.45, 2.75) is 87.4 Å². The third kappa shape index (κ3) is 11.8. The van der Waals surface area contributed by atoms with Crippen molar-refractivity contribution in [3.8, 4) is 22.8 Å². The van der Waals surface area contributed by atoms with Gasteiger partial charge >= 0.3 is 12.1 Å². The van der Waals surface area contributed by atoms with Gasteiger partial charge < -0.3 is 45.5 Å². The summed E-state index contributed by atoms with van der Waals surface area (Å²) in [6, 6.07) is 8.28. The number of nitrogens with one attached hydrogen (secondary N) is 5. The molecule has 2 unspecified atom stereocenters. The summed E-state index contributed by atoms with van der Waals surface area (Å²) in [5.41, 5.74) is 2.10. The molecule has 25 heteroatoms. The number of hydrogen-bond donors (Lipinski definition) is 5. The number of benzene rings is 1. The molecule has 2 aliphatic heterocycles. The number of carbonyl (C=O) groups excluding carboxylic acids is 2. The molecule has 20 nitrogen and oxygen atoms in total. The average Bonchev–Trinajstić information content (AvgIpc) is 4.07. The van der Waals surface area contributed by atoms with Crippen molar-refractivity contribution < 1.29 is 45.0 Å². The van der Waals surface area contributed by atoms with Crippen LogP contribution in [0.2, 0.25) is 0 Å². The van der Waals surface area contributed by atoms with Crippen molar-refractivity contribution in [3.05, 3.63) is 102 Å². The van der Waals surface area contributed by atoms with Gasteiger partial charge in [-0.2, -0.15) is 0 Å². The summed E-state index contributed by atoms with van der Waals surface area (Å²) in [6.45, 7) is 6.22. The molecule has 6 aromatic heterocycles. The van der Waals surface area contributed by atoms with Crippen LogP contribution in [0, 0.1) is 30.2 Å². The van der Waals surface area contributed by atoms with Gasteiger partial charge in [-0.25, -0.2) is 69.4 Å². The number of ether oxygens (including phenoxy) is 2. The highest BCUT2D eigenvalue weighted by molar-refractivity contribution is 7.90. The number of anilines is 2. The molecule has 7 aromatic rings. The number of fused-ring (bicyclic) bond motifs is 2. The van der Waals surface area contributed by atoms with E-state index in [9.17, 15) is 35.6 Å². The van der Waals surface area contributed by atoms with Gasteiger partial charge in [0.05, 0.1) is 56.1 Å². The van der Waals surface area contributed by atoms with Gasteiger partial charge in [-0.15, -0.1) is 0 Å². The number of pyridine rings is 2. The minimum absolute atomic E-state index is 0.00127. The Bertz CT molecular complexity index is 3340. The van der Waals surface area contributed by atoms with Gasteiger partial charge in [0, 0.05) is 84.6 Å². The van der Waals surface area contributed by atoms with Gasteiger partial charge in [0.25, 0.3) is 10.0 Å². The molecule has 11 rings (SSSR count). The number of aryl methyl sites for hydroxylation is 1. The number of halogens is 4. The number of nitrogens with zero attached hydrogens (tertiary/aromatic N) is 9. The first-order valence-electron chi connectivity index (χ1n) is 25.2. The van der Waals surface area contributed by atoms with Crippen LogP contribution in [0.25, 0.3) is 44.8 Å². The van der Waals surface area contributed by atoms with Gasteiger partial charge in [-0.1, -0.05) is 17.7 Å². The molecule has 2 saturated carbocycles. The van der Waals surface area contributed by atoms with Crippen LogP contribution >= 0.6 is 0 Å². The highest BCUT2D eigenvalue weighted by Crippen LogP contribution is 2.33. The average molecular weight is 1070 g/mol. The van der Waals surface area contributed by atoms with Crippen LogP contribution in [-0.2, 0) is 19.5 Å². The van der Waals surface area contributed by atoms with Crippen LogP contribution in [0.4, 0.5) is 38.8 Å². The lowest BCUT2D eigenvalue weighted by molar-refractivity contribution is 0.0521. The summed E-state index contributed by atoms with van der Waals surface area (Å²) in [5, 5.41) is 13.2. The van der Waals surface area contributed by atoms with Gasteiger partial charge in [0.1, 0.15) is 17.3 Å². The standard InChI is InChI=1S/C29H31F2N7O4S.C22H25F2N7O2/c1-18-5-7-22(8-6-18)43(40,41)38-17-24(23-13-19(30)15-33-28(23)38)26-32-16-25(31)27(36-26)34-20-3-2-4-21(14-20)35-29(39)37-9-11-42-12-10-37;23-13-8-16-17(11-26-19(16)25-10-13)20-27-12-18(24)21(30-20)28-14-2-1-3-15(9-14)29-22(32)31-4-6-33-7-5-31/h5-8,13,15-17,20-21H,2-4,9-12,14H2,1H3,(H,35,39)(H,32,34,36);8,10-12,14-15H,1-7,9H2,(H,25,26)(H,29,32)(H,27,28,30)/t20?,21-;14?,15-/m11/s1. The van der Waals surface area contributed by atoms with Crippen molar-refractivity contribution in [2.75, 3.05) is 63.2 Å². The van der Waals surface area contributed by atoms with E-state index in [1.165, 1.54) is 24.4 Å². The fourth-order valence-corrected chi connectivity index (χ4v) is 11.3. The van der Waals surface area contributed by atoms with Crippen molar-refractivity contribution in [1.29, 1.82) is 0 Å². The number of aromatic nitrogens is 8. The van der Waals surface area contributed by atoms with Crippen molar-refractivity contribution in [2.24, 2.45) is 0 Å². The normalized spacial score (nSPS) is 20.2. The first kappa shape index (κ1) is 52.0. The molecule has 0 bridgehead atoms. The van der Waals surface area contributed by atoms with E-state index in [1.54, 1.807) is 28.1 Å². The molecule has 4 amide bonds. The smallest absolute Gasteiger partial charge is 0.317 e. The number of amides is 4. The molecule has 400 valence electrons. The van der Waals surface area contributed by atoms with E-state index in [0.717, 1.165) is 78.9 Å². The summed E-state index contributed by atoms with van der Waals surface area (Å²) >= 11 is 0. The number of morpholine rings is 2. The molecular formula is C51H56F4N14O6S. The second kappa shape index (κ2) is 22.8. The molecule has 5 N–H and O–H groups in total. The Balaban J connectivity index is 0.000000179. The van der Waals surface area contributed by atoms with E-state index in [-0.39, 0.29) is 81.0 Å². The number of aromatic amines is 1. The van der Waals surface area contributed by atoms with Crippen molar-refractivity contribution >= 4 is 55.8 Å². The van der Waals surface area contributed by atoms with Crippen LogP contribution < -0.4 is 21.3 Å². The van der Waals surface area contributed by atoms with E-state index in [0.29, 0.717) is 82.0 Å². The highest BCUT2D eigenvalue weighted by atomic mass is 32.2. The molecule has 0 spiro atoms. The summed E-state index contributed by atoms with van der Waals surface area (Å²) < 4.78 is 96.2. The minimum Gasteiger partial charge on any atom is -0.378 e. The maximum atomic E-state index is 15.0. The topological polar surface area (TPSA) is 239 Å². The van der Waals surface area contributed by atoms with Crippen LogP contribution in [-0.4, -0.2) is 146 Å². The molecule has 4 atom stereocenters. The number of H-pyrrole nitrogens is 1. The Morgan fingerprint density at radius 2 is 1.14 bits per heavy atom. The van der Waals surface area contributed by atoms with Gasteiger partial charge in [0.2, 0.25) is 0 Å². The third-order valence-corrected chi connectivity index (χ3v) is 15.6. The Labute approximate surface area is 434 Å². The fourth-order valence-electron chi connectivity index (χ4n) is 9.95. The van der Waals surface area contributed by atoms with E-state index in [4.69, 9.17) is 9.47 Å². The lowest BCUT2D eigenvalue weighted by Crippen LogP contribution is -2.51. The SMILES string of the molecule is Cc1ccc(S(=O)(=O)n2cc(-c3ncc(F)c(NC4CCC[C@@H](NC(=O)N5CCOCC5)C4)n3)c3cc(F)cnc32)cc1.O=C(N[C@@H]1CCCC(Nc2nc(-c3c[nH]c4ncc(F)cc34)ncc2F)C1)N1CCOCC1. The summed E-state index contributed by atoms with van der Waals surface area (Å²) in [4.78, 5) is 56.7. The number of hydrogen-bond acceptors (Lipinski definition) is 14. The second-order valence-electron chi connectivity index (χ2n) is 19.2. The first-order valence-corrected chi connectivity index (χ1v) is 26.7. The molecule has 4 aliphatic rings. The van der Waals surface area contributed by atoms with E-state index < -0.39 is 33.3 Å². The molecule has 8 heterocycles. The van der Waals surface area contributed by atoms with Crippen molar-refractivity contribution in [3.63, 3.8) is 0 Å². The Kier molecular flexibility index (Phi) is 15.6. The molecule has 0 radical (unpaired) electrons. The van der Waals surface area contributed by atoms with Gasteiger partial charge in [-0.3, -0.25) is 0 Å². The van der Waals surface area contributed by atoms with E-state index >= 15 is 0 Å². The monoisotopic (exact) mass is 1070 g/mol. The second-order valence-corrected chi connectivity index (χ2v) is 21.0. The summed E-state index contributed by atoms with van der Waals surface area (Å²) in [5.74, 6) is -2.11. The quantitative estimate of drug-likeness (QED) is 0.0856. The molecular weight excluding hydrogens is 1010 g/mol. The lowest BCUT2D eigenvalue weighted by atomic mass is 9.91. The van der Waals surface area contributed by atoms with Crippen LogP contribution in [0.1, 0.15) is 56.9 Å². The zero-order valence-electron chi connectivity index (χ0n) is 41.4. The number of rotatable bonds is 10. The summed E-state index contributed by atoms with van der Waals surface area (Å²) in [6.07, 6.45) is 13.3. The number of urea groups is 2. The zero-order valence-corrected chi connectivity index (χ0v) is 42.3. The molecule has 2 saturated heterocycles. The largest absolute Gasteiger partial charge is 0.378 e. The Hall–Kier alpha value is -7.51. The lowest BCUT2D eigenvalue weighted by Gasteiger charge is -2.33. The maximum absolute atomic E-state index is 15.0. The van der Waals surface area contributed by atoms with Crippen LogP contribution in [0.5, 0.6) is 0 Å². The van der Waals surface area contributed by atoms with Gasteiger partial charge in [-0.05, 0) is 82.6 Å². The number of carbonyl (C=O) groups is 2. The fraction of sp³-hybridized carbons (Fsp3) is 0.412. The molecule has 76 heavy (non-hydrogen) atoms. The van der Waals surface area contributed by atoms with Gasteiger partial charge in [0.15, 0.2) is 40.6 Å². The Morgan fingerprint density at radius 1 is 0.645 bits per heavy atom. The maximum Gasteiger partial charge on any atom is 0.317 e. The van der Waals surface area contributed by atoms with Crippen molar-refractivity contribution in [1.82, 2.24) is 59.3 Å². The third-order valence-electron chi connectivity index (χ3n) is 13.9. The summed E-state index contributed by atoms with van der Waals surface area (Å²) in [7, 11) is -4.11. The van der Waals surface area contributed by atoms with Crippen LogP contribution in [0.3, 0.4) is 0 Å². The molecule has 2 aliphatic carbocycles. The Morgan fingerprint density at radius 3 is 1.70 bits per heavy atom. The van der Waals surface area contributed by atoms with E-state index in [1.807, 2.05) is 6.92 Å². The first-order chi connectivity index (χ1) is 36.7. The molecule has 1 aromatic carbocycles. The van der Waals surface area contributed by atoms with E-state index in [2.05, 4.69) is 56.2 Å². The predicted octanol–water partition coefficient (Wildman–Crippen LogP) is 7.14. The predicted molar refractivity (Wildman–Crippen MR) is 273 cm³/mol. The zero-order chi connectivity index (χ0) is 52.9.